The predicted molar refractivity (Wildman–Crippen MR) is 98.4 cm³/mol. The van der Waals surface area contributed by atoms with Crippen molar-refractivity contribution in [2.45, 2.75) is 38.0 Å². The number of piperidine rings is 1. The first kappa shape index (κ1) is 16.9. The van der Waals surface area contributed by atoms with Crippen LogP contribution in [0, 0.1) is 11.8 Å². The highest BCUT2D eigenvalue weighted by Crippen LogP contribution is 2.44. The average Bonchev–Trinajstić information content (AvgIpc) is 2.62. The summed E-state index contributed by atoms with van der Waals surface area (Å²) in [7, 11) is 0. The number of quaternary nitrogens is 1. The van der Waals surface area contributed by atoms with E-state index in [-0.39, 0.29) is 23.9 Å². The average molecular weight is 322 g/mol. The summed E-state index contributed by atoms with van der Waals surface area (Å²) in [6.07, 6.45) is 2.48. The summed E-state index contributed by atoms with van der Waals surface area (Å²) in [4.78, 5) is 0. The molecule has 126 valence electrons. The van der Waals surface area contributed by atoms with Gasteiger partial charge in [-0.1, -0.05) is 80.6 Å². The van der Waals surface area contributed by atoms with E-state index in [9.17, 15) is 5.11 Å². The largest absolute Gasteiger partial charge is 0.388 e. The molecule has 2 nitrogen and oxygen atoms in total. The van der Waals surface area contributed by atoms with E-state index in [4.69, 9.17) is 0 Å². The molecule has 0 aliphatic carbocycles. The highest BCUT2D eigenvalue weighted by molar-refractivity contribution is 5.24. The second-order valence-electron chi connectivity index (χ2n) is 7.13. The van der Waals surface area contributed by atoms with E-state index in [1.165, 1.54) is 11.1 Å². The van der Waals surface area contributed by atoms with E-state index in [1.807, 2.05) is 18.2 Å². The van der Waals surface area contributed by atoms with E-state index >= 15 is 0 Å². The maximum Gasteiger partial charge on any atom is 0.117 e. The summed E-state index contributed by atoms with van der Waals surface area (Å²) < 4.78 is 0. The summed E-state index contributed by atoms with van der Waals surface area (Å²) in [5, 5.41) is 14.0. The van der Waals surface area contributed by atoms with Gasteiger partial charge < -0.3 is 10.4 Å². The third-order valence-corrected chi connectivity index (χ3v) is 5.91. The molecule has 0 bridgehead atoms. The van der Waals surface area contributed by atoms with Crippen molar-refractivity contribution in [2.24, 2.45) is 11.8 Å². The van der Waals surface area contributed by atoms with E-state index in [1.54, 1.807) is 0 Å². The Balaban J connectivity index is 2.03. The van der Waals surface area contributed by atoms with Gasteiger partial charge >= 0.3 is 0 Å². The van der Waals surface area contributed by atoms with Gasteiger partial charge in [0.2, 0.25) is 0 Å². The minimum atomic E-state index is -0.752. The van der Waals surface area contributed by atoms with Crippen LogP contribution in [0.3, 0.4) is 0 Å². The van der Waals surface area contributed by atoms with Gasteiger partial charge in [0.25, 0.3) is 0 Å². The summed E-state index contributed by atoms with van der Waals surface area (Å²) in [5.74, 6) is 0.292. The van der Waals surface area contributed by atoms with Gasteiger partial charge in [-0.25, -0.2) is 0 Å². The summed E-state index contributed by atoms with van der Waals surface area (Å²) in [5.41, 5.74) is 1.80. The Hall–Kier alpha value is -1.90. The molecule has 2 aromatic carbocycles. The second-order valence-corrected chi connectivity index (χ2v) is 7.13. The summed E-state index contributed by atoms with van der Waals surface area (Å²) in [6.45, 7) is 8.25. The van der Waals surface area contributed by atoms with Crippen LogP contribution in [0.5, 0.6) is 0 Å². The predicted octanol–water partition coefficient (Wildman–Crippen LogP) is 3.63. The summed E-state index contributed by atoms with van der Waals surface area (Å²) in [6, 6.07) is 21.6. The Labute approximate surface area is 145 Å². The molecule has 0 unspecified atom stereocenters. The van der Waals surface area contributed by atoms with Crippen LogP contribution in [0.4, 0.5) is 0 Å². The lowest BCUT2D eigenvalue weighted by molar-refractivity contribution is -0.764. The number of nitrogens with two attached hydrogens (primary N) is 1. The topological polar surface area (TPSA) is 36.8 Å². The van der Waals surface area contributed by atoms with Gasteiger partial charge in [-0.3, -0.25) is 0 Å². The van der Waals surface area contributed by atoms with Gasteiger partial charge in [-0.15, -0.1) is 6.58 Å². The Morgan fingerprint density at radius 2 is 1.33 bits per heavy atom. The molecular formula is C22H28NO+. The SMILES string of the molecule is C=CCC1(O)[C@@H](C)[C@@H](c2ccccc2)[NH2+][C@H](c2ccccc2)[C@@H]1C. The number of hydrogen-bond donors (Lipinski definition) is 2. The maximum atomic E-state index is 11.6. The lowest BCUT2D eigenvalue weighted by atomic mass is 9.65. The van der Waals surface area contributed by atoms with Crippen molar-refractivity contribution in [1.29, 1.82) is 0 Å². The highest BCUT2D eigenvalue weighted by Gasteiger charge is 2.53. The normalized spacial score (nSPS) is 33.1. The molecule has 1 heterocycles. The van der Waals surface area contributed by atoms with Crippen molar-refractivity contribution in [3.63, 3.8) is 0 Å². The third kappa shape index (κ3) is 2.92. The Kier molecular flexibility index (Phi) is 4.88. The van der Waals surface area contributed by atoms with Crippen LogP contribution < -0.4 is 5.32 Å². The molecule has 1 aliphatic heterocycles. The number of aliphatic hydroxyl groups is 1. The Morgan fingerprint density at radius 1 is 0.917 bits per heavy atom. The van der Waals surface area contributed by atoms with Gasteiger partial charge in [-0.05, 0) is 6.42 Å². The maximum absolute atomic E-state index is 11.6. The lowest BCUT2D eigenvalue weighted by Crippen LogP contribution is -2.93. The molecule has 0 radical (unpaired) electrons. The standard InChI is InChI=1S/C22H27NO/c1-4-15-22(24)16(2)20(18-11-7-5-8-12-18)23-21(17(22)3)19-13-9-6-10-14-19/h4-14,16-17,20-21,23-24H,1,15H2,2-3H3/p+1/t16-,17-,20-,21-/m0/s1. The van der Waals surface area contributed by atoms with Crippen LogP contribution in [-0.2, 0) is 0 Å². The van der Waals surface area contributed by atoms with Crippen LogP contribution in [-0.4, -0.2) is 10.7 Å². The molecule has 3 N–H and O–H groups in total. The third-order valence-electron chi connectivity index (χ3n) is 5.91. The molecule has 1 fully saturated rings. The van der Waals surface area contributed by atoms with Crippen LogP contribution >= 0.6 is 0 Å². The first-order valence-corrected chi connectivity index (χ1v) is 8.86. The molecule has 2 heteroatoms. The van der Waals surface area contributed by atoms with Crippen molar-refractivity contribution >= 4 is 0 Å². The number of benzene rings is 2. The van der Waals surface area contributed by atoms with E-state index in [2.05, 4.69) is 74.3 Å². The highest BCUT2D eigenvalue weighted by atomic mass is 16.3. The van der Waals surface area contributed by atoms with Gasteiger partial charge in [-0.2, -0.15) is 0 Å². The smallest absolute Gasteiger partial charge is 0.117 e. The molecule has 1 aliphatic rings. The zero-order valence-corrected chi connectivity index (χ0v) is 14.6. The van der Waals surface area contributed by atoms with Crippen molar-refractivity contribution in [1.82, 2.24) is 0 Å². The molecule has 1 saturated heterocycles. The molecule has 0 amide bonds. The van der Waals surface area contributed by atoms with Crippen LogP contribution in [0.1, 0.15) is 43.5 Å². The van der Waals surface area contributed by atoms with Crippen molar-refractivity contribution in [2.75, 3.05) is 0 Å². The molecule has 24 heavy (non-hydrogen) atoms. The molecule has 0 saturated carbocycles. The number of rotatable bonds is 4. The van der Waals surface area contributed by atoms with Gasteiger partial charge in [0.15, 0.2) is 0 Å². The molecule has 2 aromatic rings. The fraction of sp³-hybridized carbons (Fsp3) is 0.364. The van der Waals surface area contributed by atoms with Crippen LogP contribution in [0.15, 0.2) is 73.3 Å². The quantitative estimate of drug-likeness (QED) is 0.829. The van der Waals surface area contributed by atoms with Gasteiger partial charge in [0, 0.05) is 23.0 Å². The fourth-order valence-electron chi connectivity index (χ4n) is 4.35. The van der Waals surface area contributed by atoms with Gasteiger partial charge in [0.1, 0.15) is 12.1 Å². The van der Waals surface area contributed by atoms with Gasteiger partial charge in [0.05, 0.1) is 5.60 Å². The molecule has 0 spiro atoms. The van der Waals surface area contributed by atoms with E-state index in [0.717, 1.165) is 0 Å². The Morgan fingerprint density at radius 3 is 1.71 bits per heavy atom. The van der Waals surface area contributed by atoms with Crippen LogP contribution in [0.2, 0.25) is 0 Å². The molecular weight excluding hydrogens is 294 g/mol. The molecule has 0 aromatic heterocycles. The second kappa shape index (κ2) is 6.92. The first-order chi connectivity index (χ1) is 11.6. The minimum absolute atomic E-state index is 0.146. The van der Waals surface area contributed by atoms with Crippen molar-refractivity contribution in [3.8, 4) is 0 Å². The van der Waals surface area contributed by atoms with Crippen molar-refractivity contribution < 1.29 is 10.4 Å². The van der Waals surface area contributed by atoms with E-state index < -0.39 is 5.60 Å². The fourth-order valence-corrected chi connectivity index (χ4v) is 4.35. The zero-order valence-electron chi connectivity index (χ0n) is 14.6. The monoisotopic (exact) mass is 322 g/mol. The lowest BCUT2D eigenvalue weighted by Gasteiger charge is -2.49. The summed E-state index contributed by atoms with van der Waals surface area (Å²) >= 11 is 0. The molecule has 3 rings (SSSR count). The Bertz CT molecular complexity index is 615. The van der Waals surface area contributed by atoms with Crippen molar-refractivity contribution in [3.05, 3.63) is 84.4 Å². The first-order valence-electron chi connectivity index (χ1n) is 8.86. The minimum Gasteiger partial charge on any atom is -0.388 e. The van der Waals surface area contributed by atoms with Crippen LogP contribution in [0.25, 0.3) is 0 Å². The van der Waals surface area contributed by atoms with E-state index in [0.29, 0.717) is 6.42 Å². The molecule has 4 atom stereocenters. The zero-order chi connectivity index (χ0) is 17.2. The number of hydrogen-bond acceptors (Lipinski definition) is 1.